The highest BCUT2D eigenvalue weighted by atomic mass is 16.4. The summed E-state index contributed by atoms with van der Waals surface area (Å²) in [5, 5.41) is 11.2. The fourth-order valence-electron chi connectivity index (χ4n) is 1.05. The lowest BCUT2D eigenvalue weighted by molar-refractivity contribution is -0.142. The van der Waals surface area contributed by atoms with Crippen LogP contribution >= 0.6 is 0 Å². The molecule has 0 aromatic rings. The molecule has 0 fully saturated rings. The van der Waals surface area contributed by atoms with E-state index in [1.165, 1.54) is 0 Å². The van der Waals surface area contributed by atoms with Crippen molar-refractivity contribution in [1.82, 2.24) is 5.32 Å². The van der Waals surface area contributed by atoms with E-state index in [0.29, 0.717) is 18.8 Å². The summed E-state index contributed by atoms with van der Waals surface area (Å²) in [6.45, 7) is 5.72. The fourth-order valence-corrected chi connectivity index (χ4v) is 1.05. The summed E-state index contributed by atoms with van der Waals surface area (Å²) in [7, 11) is 0. The van der Waals surface area contributed by atoms with Crippen LogP contribution in [0.5, 0.6) is 0 Å². The number of carboxylic acid groups (broad SMARTS) is 1. The molecule has 0 bridgehead atoms. The molecule has 2 N–H and O–H groups in total. The maximum Gasteiger partial charge on any atom is 0.326 e. The second-order valence-corrected chi connectivity index (χ2v) is 3.58. The Morgan fingerprint density at radius 1 is 1.29 bits per heavy atom. The lowest BCUT2D eigenvalue weighted by Crippen LogP contribution is -2.40. The number of carbonyl (C=O) groups excluding carboxylic acids is 1. The van der Waals surface area contributed by atoms with Crippen molar-refractivity contribution in [3.8, 4) is 0 Å². The van der Waals surface area contributed by atoms with Crippen molar-refractivity contribution in [2.24, 2.45) is 5.92 Å². The van der Waals surface area contributed by atoms with Crippen molar-refractivity contribution in [3.05, 3.63) is 0 Å². The number of carboxylic acids is 1. The van der Waals surface area contributed by atoms with E-state index in [1.54, 1.807) is 6.92 Å². The van der Waals surface area contributed by atoms with Crippen molar-refractivity contribution in [2.45, 2.75) is 46.1 Å². The summed E-state index contributed by atoms with van der Waals surface area (Å²) in [6.07, 6.45) is 1.75. The zero-order chi connectivity index (χ0) is 11.1. The Balaban J connectivity index is 3.97. The number of carbonyl (C=O) groups is 2. The first-order valence-electron chi connectivity index (χ1n) is 5.03. The Morgan fingerprint density at radius 2 is 1.86 bits per heavy atom. The first-order valence-corrected chi connectivity index (χ1v) is 5.03. The topological polar surface area (TPSA) is 66.4 Å². The van der Waals surface area contributed by atoms with Crippen LogP contribution in [0.2, 0.25) is 0 Å². The zero-order valence-electron chi connectivity index (χ0n) is 9.04. The van der Waals surface area contributed by atoms with Gasteiger partial charge >= 0.3 is 5.97 Å². The molecule has 0 aromatic heterocycles. The van der Waals surface area contributed by atoms with Gasteiger partial charge in [0.25, 0.3) is 0 Å². The number of rotatable bonds is 6. The number of amides is 1. The van der Waals surface area contributed by atoms with E-state index in [4.69, 9.17) is 5.11 Å². The van der Waals surface area contributed by atoms with Crippen LogP contribution in [0.3, 0.4) is 0 Å². The highest BCUT2D eigenvalue weighted by Gasteiger charge is 2.18. The van der Waals surface area contributed by atoms with Gasteiger partial charge < -0.3 is 10.4 Å². The van der Waals surface area contributed by atoms with Gasteiger partial charge in [0.1, 0.15) is 6.04 Å². The molecule has 1 unspecified atom stereocenters. The van der Waals surface area contributed by atoms with Crippen LogP contribution in [-0.2, 0) is 9.59 Å². The van der Waals surface area contributed by atoms with Crippen molar-refractivity contribution >= 4 is 11.9 Å². The predicted octanol–water partition coefficient (Wildman–Crippen LogP) is 1.40. The molecule has 1 amide bonds. The van der Waals surface area contributed by atoms with Crippen molar-refractivity contribution < 1.29 is 14.7 Å². The second kappa shape index (κ2) is 6.40. The molecule has 0 aliphatic rings. The van der Waals surface area contributed by atoms with Crippen LogP contribution in [0.25, 0.3) is 0 Å². The van der Waals surface area contributed by atoms with Crippen molar-refractivity contribution in [3.63, 3.8) is 0 Å². The molecular formula is C10H19NO3. The molecule has 2 atom stereocenters. The van der Waals surface area contributed by atoms with Crippen LogP contribution in [0, 0.1) is 5.92 Å². The van der Waals surface area contributed by atoms with Gasteiger partial charge in [-0.15, -0.1) is 0 Å². The lowest BCUT2D eigenvalue weighted by atomic mass is 10.0. The third-order valence-electron chi connectivity index (χ3n) is 2.27. The molecule has 0 saturated heterocycles. The second-order valence-electron chi connectivity index (χ2n) is 3.58. The van der Waals surface area contributed by atoms with Crippen LogP contribution in [0.15, 0.2) is 0 Å². The maximum atomic E-state index is 11.3. The number of aliphatic carboxylic acids is 1. The first kappa shape index (κ1) is 12.9. The van der Waals surface area contributed by atoms with E-state index in [-0.39, 0.29) is 5.91 Å². The molecule has 0 saturated carbocycles. The molecule has 14 heavy (non-hydrogen) atoms. The maximum absolute atomic E-state index is 11.3. The predicted molar refractivity (Wildman–Crippen MR) is 53.9 cm³/mol. The van der Waals surface area contributed by atoms with Gasteiger partial charge in [0.15, 0.2) is 0 Å². The monoisotopic (exact) mass is 201 g/mol. The number of hydrogen-bond acceptors (Lipinski definition) is 2. The third-order valence-corrected chi connectivity index (χ3v) is 2.27. The van der Waals surface area contributed by atoms with E-state index < -0.39 is 12.0 Å². The third kappa shape index (κ3) is 4.84. The van der Waals surface area contributed by atoms with Gasteiger partial charge in [-0.2, -0.15) is 0 Å². The molecule has 0 heterocycles. The zero-order valence-corrected chi connectivity index (χ0v) is 9.04. The van der Waals surface area contributed by atoms with Crippen LogP contribution in [-0.4, -0.2) is 23.0 Å². The molecule has 0 rings (SSSR count). The Labute approximate surface area is 84.7 Å². The minimum absolute atomic E-state index is 0.173. The molecule has 0 radical (unpaired) electrons. The average Bonchev–Trinajstić information content (AvgIpc) is 2.13. The summed E-state index contributed by atoms with van der Waals surface area (Å²) < 4.78 is 0. The Kier molecular flexibility index (Phi) is 5.92. The highest BCUT2D eigenvalue weighted by molar-refractivity contribution is 5.83. The van der Waals surface area contributed by atoms with Crippen molar-refractivity contribution in [1.29, 1.82) is 0 Å². The quantitative estimate of drug-likeness (QED) is 0.682. The van der Waals surface area contributed by atoms with Gasteiger partial charge in [-0.05, 0) is 12.3 Å². The summed E-state index contributed by atoms with van der Waals surface area (Å²) in [5.41, 5.74) is 0. The summed E-state index contributed by atoms with van der Waals surface area (Å²) >= 11 is 0. The smallest absolute Gasteiger partial charge is 0.326 e. The summed E-state index contributed by atoms with van der Waals surface area (Å²) in [4.78, 5) is 21.9. The summed E-state index contributed by atoms with van der Waals surface area (Å²) in [6, 6.07) is -0.744. The van der Waals surface area contributed by atoms with Crippen LogP contribution in [0.4, 0.5) is 0 Å². The van der Waals surface area contributed by atoms with E-state index in [2.05, 4.69) is 5.32 Å². The largest absolute Gasteiger partial charge is 0.480 e. The standard InChI is InChI=1S/C10H19NO3/c1-4-7(3)6-9(12)11-8(5-2)10(13)14/h7-8H,4-6H2,1-3H3,(H,11,12)(H,13,14)/t7?,8-/m0/s1. The van der Waals surface area contributed by atoms with Gasteiger partial charge in [-0.3, -0.25) is 4.79 Å². The fraction of sp³-hybridized carbons (Fsp3) is 0.800. The van der Waals surface area contributed by atoms with E-state index in [0.717, 1.165) is 6.42 Å². The highest BCUT2D eigenvalue weighted by Crippen LogP contribution is 2.06. The van der Waals surface area contributed by atoms with E-state index >= 15 is 0 Å². The van der Waals surface area contributed by atoms with Gasteiger partial charge in [0, 0.05) is 6.42 Å². The van der Waals surface area contributed by atoms with Crippen molar-refractivity contribution in [2.75, 3.05) is 0 Å². The SMILES string of the molecule is CCC(C)CC(=O)N[C@@H](CC)C(=O)O. The first-order chi connectivity index (χ1) is 6.51. The minimum atomic E-state index is -0.968. The molecule has 0 spiro atoms. The molecular weight excluding hydrogens is 182 g/mol. The van der Waals surface area contributed by atoms with Gasteiger partial charge in [-0.1, -0.05) is 27.2 Å². The number of hydrogen-bond donors (Lipinski definition) is 2. The Hall–Kier alpha value is -1.06. The lowest BCUT2D eigenvalue weighted by Gasteiger charge is -2.14. The van der Waals surface area contributed by atoms with Crippen LogP contribution < -0.4 is 5.32 Å². The van der Waals surface area contributed by atoms with Gasteiger partial charge in [-0.25, -0.2) is 4.79 Å². The van der Waals surface area contributed by atoms with E-state index in [1.807, 2.05) is 13.8 Å². The molecule has 0 aliphatic heterocycles. The van der Waals surface area contributed by atoms with Gasteiger partial charge in [0.05, 0.1) is 0 Å². The van der Waals surface area contributed by atoms with E-state index in [9.17, 15) is 9.59 Å². The Bertz CT molecular complexity index is 204. The molecule has 82 valence electrons. The molecule has 0 aromatic carbocycles. The average molecular weight is 201 g/mol. The van der Waals surface area contributed by atoms with Crippen LogP contribution in [0.1, 0.15) is 40.0 Å². The summed E-state index contributed by atoms with van der Waals surface area (Å²) in [5.74, 6) is -0.833. The van der Waals surface area contributed by atoms with Gasteiger partial charge in [0.2, 0.25) is 5.91 Å². The molecule has 4 heteroatoms. The number of nitrogens with one attached hydrogen (secondary N) is 1. The Morgan fingerprint density at radius 3 is 2.21 bits per heavy atom. The molecule has 4 nitrogen and oxygen atoms in total. The molecule has 0 aliphatic carbocycles. The minimum Gasteiger partial charge on any atom is -0.480 e. The normalized spacial score (nSPS) is 14.5.